The minimum Gasteiger partial charge on any atom is -0.353 e. The van der Waals surface area contributed by atoms with Crippen molar-refractivity contribution in [1.29, 1.82) is 0 Å². The van der Waals surface area contributed by atoms with Crippen molar-refractivity contribution in [2.45, 2.75) is 13.8 Å². The van der Waals surface area contributed by atoms with E-state index in [1.54, 1.807) is 0 Å². The Morgan fingerprint density at radius 3 is 2.40 bits per heavy atom. The lowest BCUT2D eigenvalue weighted by Crippen LogP contribution is -2.23. The maximum absolute atomic E-state index is 4.66. The van der Waals surface area contributed by atoms with Crippen LogP contribution in [0, 0.1) is 0 Å². The molecule has 1 aliphatic heterocycles. The van der Waals surface area contributed by atoms with Crippen LogP contribution in [0.1, 0.15) is 19.4 Å². The zero-order valence-electron chi connectivity index (χ0n) is 9.49. The lowest BCUT2D eigenvalue weighted by molar-refractivity contribution is 0.576. The molecule has 0 saturated carbocycles. The predicted molar refractivity (Wildman–Crippen MR) is 64.0 cm³/mol. The molecule has 0 N–H and O–H groups in total. The zero-order chi connectivity index (χ0) is 10.8. The summed E-state index contributed by atoms with van der Waals surface area (Å²) in [4.78, 5) is 6.85. The van der Waals surface area contributed by atoms with Crippen LogP contribution in [0.15, 0.2) is 46.6 Å². The molecule has 0 saturated heterocycles. The maximum atomic E-state index is 4.66. The first-order valence-electron chi connectivity index (χ1n) is 5.20. The standard InChI is InChI=1S/C13H16N2/c1-10(2)12-9-15(3)13(14-12)11-7-5-4-6-8-11/h4-8H,9H2,1-3H3. The normalized spacial score (nSPS) is 15.5. The Labute approximate surface area is 90.9 Å². The molecule has 0 amide bonds. The van der Waals surface area contributed by atoms with Gasteiger partial charge in [0.05, 0.1) is 12.2 Å². The number of rotatable bonds is 1. The van der Waals surface area contributed by atoms with Gasteiger partial charge in [-0.15, -0.1) is 0 Å². The topological polar surface area (TPSA) is 15.6 Å². The van der Waals surface area contributed by atoms with Crippen LogP contribution in [0.5, 0.6) is 0 Å². The fourth-order valence-electron chi connectivity index (χ4n) is 1.69. The SMILES string of the molecule is CC(C)=C1CN(C)C(c2ccccc2)=N1. The molecule has 0 unspecified atom stereocenters. The van der Waals surface area contributed by atoms with E-state index in [-0.39, 0.29) is 0 Å². The molecule has 15 heavy (non-hydrogen) atoms. The van der Waals surface area contributed by atoms with E-state index >= 15 is 0 Å². The molecule has 2 rings (SSSR count). The number of aliphatic imine (C=N–C) groups is 1. The van der Waals surface area contributed by atoms with Crippen LogP contribution >= 0.6 is 0 Å². The molecule has 1 aromatic rings. The highest BCUT2D eigenvalue weighted by atomic mass is 15.2. The fraction of sp³-hybridized carbons (Fsp3) is 0.308. The summed E-state index contributed by atoms with van der Waals surface area (Å²) in [5.41, 5.74) is 3.68. The average Bonchev–Trinajstić information content (AvgIpc) is 2.62. The summed E-state index contributed by atoms with van der Waals surface area (Å²) in [5.74, 6) is 1.08. The number of allylic oxidation sites excluding steroid dienone is 1. The third kappa shape index (κ3) is 1.94. The predicted octanol–water partition coefficient (Wildman–Crippen LogP) is 2.67. The molecule has 2 heteroatoms. The van der Waals surface area contributed by atoms with Gasteiger partial charge in [0.2, 0.25) is 0 Å². The minimum atomic E-state index is 0.923. The van der Waals surface area contributed by atoms with Gasteiger partial charge in [-0.3, -0.25) is 0 Å². The molecule has 2 nitrogen and oxygen atoms in total. The molecule has 0 aromatic heterocycles. The van der Waals surface area contributed by atoms with E-state index < -0.39 is 0 Å². The number of hydrogen-bond donors (Lipinski definition) is 0. The van der Waals surface area contributed by atoms with E-state index in [4.69, 9.17) is 0 Å². The summed E-state index contributed by atoms with van der Waals surface area (Å²) >= 11 is 0. The van der Waals surface area contributed by atoms with Crippen molar-refractivity contribution in [2.75, 3.05) is 13.6 Å². The molecular formula is C13H16N2. The molecule has 78 valence electrons. The van der Waals surface area contributed by atoms with Crippen LogP contribution in [-0.2, 0) is 0 Å². The van der Waals surface area contributed by atoms with Crippen molar-refractivity contribution in [3.05, 3.63) is 47.2 Å². The Morgan fingerprint density at radius 2 is 1.87 bits per heavy atom. The van der Waals surface area contributed by atoms with Crippen LogP contribution in [0.3, 0.4) is 0 Å². The second kappa shape index (κ2) is 3.89. The van der Waals surface area contributed by atoms with Gasteiger partial charge < -0.3 is 4.90 Å². The van der Waals surface area contributed by atoms with Crippen LogP contribution in [-0.4, -0.2) is 24.3 Å². The van der Waals surface area contributed by atoms with Gasteiger partial charge in [-0.2, -0.15) is 0 Å². The van der Waals surface area contributed by atoms with Gasteiger partial charge in [0, 0.05) is 12.6 Å². The Hall–Kier alpha value is -1.57. The van der Waals surface area contributed by atoms with Gasteiger partial charge in [0.25, 0.3) is 0 Å². The Balaban J connectivity index is 2.39. The first-order chi connectivity index (χ1) is 7.18. The van der Waals surface area contributed by atoms with Crippen molar-refractivity contribution in [1.82, 2.24) is 4.90 Å². The van der Waals surface area contributed by atoms with E-state index in [1.165, 1.54) is 16.8 Å². The summed E-state index contributed by atoms with van der Waals surface area (Å²) in [7, 11) is 2.09. The van der Waals surface area contributed by atoms with Crippen molar-refractivity contribution in [3.63, 3.8) is 0 Å². The highest BCUT2D eigenvalue weighted by molar-refractivity contribution is 6.00. The molecule has 0 spiro atoms. The summed E-state index contributed by atoms with van der Waals surface area (Å²) in [6.45, 7) is 5.15. The Bertz CT molecular complexity index is 411. The summed E-state index contributed by atoms with van der Waals surface area (Å²) < 4.78 is 0. The summed E-state index contributed by atoms with van der Waals surface area (Å²) in [6, 6.07) is 10.3. The monoisotopic (exact) mass is 200 g/mol. The Morgan fingerprint density at radius 1 is 1.20 bits per heavy atom. The fourth-order valence-corrected chi connectivity index (χ4v) is 1.69. The minimum absolute atomic E-state index is 0.923. The van der Waals surface area contributed by atoms with E-state index in [0.717, 1.165) is 12.4 Å². The highest BCUT2D eigenvalue weighted by Crippen LogP contribution is 2.18. The third-order valence-electron chi connectivity index (χ3n) is 2.60. The second-order valence-electron chi connectivity index (χ2n) is 4.10. The lowest BCUT2D eigenvalue weighted by Gasteiger charge is -2.12. The van der Waals surface area contributed by atoms with Gasteiger partial charge >= 0.3 is 0 Å². The number of benzene rings is 1. The van der Waals surface area contributed by atoms with Gasteiger partial charge in [-0.25, -0.2) is 4.99 Å². The first-order valence-corrected chi connectivity index (χ1v) is 5.20. The molecule has 1 aromatic carbocycles. The number of amidine groups is 1. The third-order valence-corrected chi connectivity index (χ3v) is 2.60. The maximum Gasteiger partial charge on any atom is 0.136 e. The molecule has 0 aliphatic carbocycles. The van der Waals surface area contributed by atoms with Gasteiger partial charge in [0.15, 0.2) is 0 Å². The van der Waals surface area contributed by atoms with Crippen LogP contribution in [0.2, 0.25) is 0 Å². The molecular weight excluding hydrogens is 184 g/mol. The summed E-state index contributed by atoms with van der Waals surface area (Å²) in [6.07, 6.45) is 0. The van der Waals surface area contributed by atoms with E-state index in [0.29, 0.717) is 0 Å². The van der Waals surface area contributed by atoms with Gasteiger partial charge in [0.1, 0.15) is 5.84 Å². The first kappa shape index (κ1) is 9.97. The van der Waals surface area contributed by atoms with Gasteiger partial charge in [-0.05, 0) is 13.8 Å². The number of hydrogen-bond acceptors (Lipinski definition) is 2. The zero-order valence-corrected chi connectivity index (χ0v) is 9.49. The largest absolute Gasteiger partial charge is 0.353 e. The second-order valence-corrected chi connectivity index (χ2v) is 4.10. The number of likely N-dealkylation sites (N-methyl/N-ethyl adjacent to an activating group) is 1. The van der Waals surface area contributed by atoms with Crippen LogP contribution in [0.25, 0.3) is 0 Å². The van der Waals surface area contributed by atoms with Gasteiger partial charge in [-0.1, -0.05) is 35.9 Å². The van der Waals surface area contributed by atoms with E-state index in [1.807, 2.05) is 18.2 Å². The van der Waals surface area contributed by atoms with Crippen molar-refractivity contribution < 1.29 is 0 Å². The van der Waals surface area contributed by atoms with Crippen LogP contribution in [0.4, 0.5) is 0 Å². The molecule has 0 radical (unpaired) electrons. The molecule has 1 heterocycles. The van der Waals surface area contributed by atoms with Crippen molar-refractivity contribution >= 4 is 5.84 Å². The smallest absolute Gasteiger partial charge is 0.136 e. The quantitative estimate of drug-likeness (QED) is 0.680. The summed E-state index contributed by atoms with van der Waals surface area (Å²) in [5, 5.41) is 0. The molecule has 0 bridgehead atoms. The van der Waals surface area contributed by atoms with Crippen molar-refractivity contribution in [3.8, 4) is 0 Å². The lowest BCUT2D eigenvalue weighted by atomic mass is 10.2. The molecule has 0 fully saturated rings. The average molecular weight is 200 g/mol. The highest BCUT2D eigenvalue weighted by Gasteiger charge is 2.18. The number of nitrogens with zero attached hydrogens (tertiary/aromatic N) is 2. The Kier molecular flexibility index (Phi) is 2.58. The van der Waals surface area contributed by atoms with Crippen LogP contribution < -0.4 is 0 Å². The van der Waals surface area contributed by atoms with Crippen molar-refractivity contribution in [2.24, 2.45) is 4.99 Å². The van der Waals surface area contributed by atoms with E-state index in [2.05, 4.69) is 42.9 Å². The van der Waals surface area contributed by atoms with E-state index in [9.17, 15) is 0 Å². The molecule has 1 aliphatic rings. The molecule has 0 atom stereocenters.